The van der Waals surface area contributed by atoms with Crippen LogP contribution in [0.2, 0.25) is 0 Å². The van der Waals surface area contributed by atoms with E-state index in [1.165, 1.54) is 17.1 Å². The minimum absolute atomic E-state index is 0.108. The average Bonchev–Trinajstić information content (AvgIpc) is 2.78. The molecule has 0 amide bonds. The Labute approximate surface area is 90.9 Å². The first-order valence-corrected chi connectivity index (χ1v) is 4.54. The molecule has 1 aromatic carbocycles. The fourth-order valence-electron chi connectivity index (χ4n) is 1.32. The molecule has 1 aromatic heterocycles. The highest BCUT2D eigenvalue weighted by atomic mass is 16.4. The maximum absolute atomic E-state index is 10.7. The van der Waals surface area contributed by atoms with E-state index < -0.39 is 5.97 Å². The van der Waals surface area contributed by atoms with Crippen molar-refractivity contribution in [2.24, 2.45) is 0 Å². The van der Waals surface area contributed by atoms with E-state index in [0.29, 0.717) is 11.3 Å². The molecule has 5 nitrogen and oxygen atoms in total. The number of hydrogen-bond acceptors (Lipinski definition) is 3. The van der Waals surface area contributed by atoms with Gasteiger partial charge in [0.25, 0.3) is 0 Å². The molecule has 80 valence electrons. The number of benzene rings is 1. The van der Waals surface area contributed by atoms with E-state index in [-0.39, 0.29) is 5.56 Å². The van der Waals surface area contributed by atoms with E-state index in [9.17, 15) is 9.59 Å². The molecule has 0 aliphatic rings. The lowest BCUT2D eigenvalue weighted by atomic mass is 10.2. The van der Waals surface area contributed by atoms with Crippen LogP contribution >= 0.6 is 0 Å². The van der Waals surface area contributed by atoms with Crippen molar-refractivity contribution in [2.45, 2.75) is 0 Å². The summed E-state index contributed by atoms with van der Waals surface area (Å²) in [6.45, 7) is 0. The van der Waals surface area contributed by atoms with Gasteiger partial charge in [-0.25, -0.2) is 9.48 Å². The lowest BCUT2D eigenvalue weighted by Gasteiger charge is -2.00. The normalized spacial score (nSPS) is 10.0. The molecule has 0 fully saturated rings. The van der Waals surface area contributed by atoms with Crippen molar-refractivity contribution in [2.75, 3.05) is 0 Å². The van der Waals surface area contributed by atoms with Crippen LogP contribution in [-0.4, -0.2) is 27.1 Å². The molecule has 0 saturated heterocycles. The van der Waals surface area contributed by atoms with Gasteiger partial charge in [0, 0.05) is 11.8 Å². The van der Waals surface area contributed by atoms with Crippen LogP contribution in [0.3, 0.4) is 0 Å². The predicted molar refractivity (Wildman–Crippen MR) is 55.9 cm³/mol. The number of aldehydes is 1. The summed E-state index contributed by atoms with van der Waals surface area (Å²) in [7, 11) is 0. The molecule has 0 spiro atoms. The zero-order valence-electron chi connectivity index (χ0n) is 8.20. The fourth-order valence-corrected chi connectivity index (χ4v) is 1.32. The smallest absolute Gasteiger partial charge is 0.338 e. The molecular formula is C11H8N2O3. The zero-order chi connectivity index (χ0) is 11.5. The molecular weight excluding hydrogens is 208 g/mol. The van der Waals surface area contributed by atoms with E-state index in [1.54, 1.807) is 24.3 Å². The van der Waals surface area contributed by atoms with Crippen molar-refractivity contribution in [1.29, 1.82) is 0 Å². The molecule has 5 heteroatoms. The molecule has 2 aromatic rings. The van der Waals surface area contributed by atoms with Gasteiger partial charge in [0.1, 0.15) is 6.29 Å². The van der Waals surface area contributed by atoms with Crippen LogP contribution in [0.5, 0.6) is 0 Å². The Hall–Kier alpha value is -2.43. The van der Waals surface area contributed by atoms with Gasteiger partial charge in [0.2, 0.25) is 0 Å². The molecule has 0 radical (unpaired) electrons. The van der Waals surface area contributed by atoms with Crippen molar-refractivity contribution in [1.82, 2.24) is 9.78 Å². The third-order valence-corrected chi connectivity index (χ3v) is 2.10. The van der Waals surface area contributed by atoms with Gasteiger partial charge < -0.3 is 5.11 Å². The SMILES string of the molecule is O=Cc1cccc(-n2cc(C(=O)O)cn2)c1. The maximum atomic E-state index is 10.7. The minimum atomic E-state index is -1.03. The lowest BCUT2D eigenvalue weighted by Crippen LogP contribution is -1.96. The highest BCUT2D eigenvalue weighted by Gasteiger charge is 2.06. The summed E-state index contributed by atoms with van der Waals surface area (Å²) in [5.41, 5.74) is 1.28. The van der Waals surface area contributed by atoms with Crippen LogP contribution in [0.15, 0.2) is 36.7 Å². The van der Waals surface area contributed by atoms with Crippen LogP contribution in [0.1, 0.15) is 20.7 Å². The van der Waals surface area contributed by atoms with E-state index in [2.05, 4.69) is 5.10 Å². The molecule has 1 heterocycles. The summed E-state index contributed by atoms with van der Waals surface area (Å²) < 4.78 is 1.41. The van der Waals surface area contributed by atoms with Crippen LogP contribution in [0.4, 0.5) is 0 Å². The summed E-state index contributed by atoms with van der Waals surface area (Å²) in [4.78, 5) is 21.2. The quantitative estimate of drug-likeness (QED) is 0.787. The highest BCUT2D eigenvalue weighted by Crippen LogP contribution is 2.09. The van der Waals surface area contributed by atoms with Crippen molar-refractivity contribution < 1.29 is 14.7 Å². The molecule has 16 heavy (non-hydrogen) atoms. The van der Waals surface area contributed by atoms with Gasteiger partial charge in [-0.15, -0.1) is 0 Å². The average molecular weight is 216 g/mol. The molecule has 0 saturated carbocycles. The van der Waals surface area contributed by atoms with Gasteiger partial charge in [0.15, 0.2) is 0 Å². The first-order chi connectivity index (χ1) is 7.70. The monoisotopic (exact) mass is 216 g/mol. The summed E-state index contributed by atoms with van der Waals surface area (Å²) in [6.07, 6.45) is 3.38. The number of carboxylic acid groups (broad SMARTS) is 1. The van der Waals surface area contributed by atoms with Crippen LogP contribution < -0.4 is 0 Å². The predicted octanol–water partition coefficient (Wildman–Crippen LogP) is 1.38. The van der Waals surface area contributed by atoms with E-state index in [4.69, 9.17) is 5.11 Å². The standard InChI is InChI=1S/C11H8N2O3/c14-7-8-2-1-3-10(4-8)13-6-9(5-12-13)11(15)16/h1-7H,(H,15,16). The number of rotatable bonds is 3. The van der Waals surface area contributed by atoms with Crippen molar-refractivity contribution >= 4 is 12.3 Å². The number of aromatic carboxylic acids is 1. The highest BCUT2D eigenvalue weighted by molar-refractivity contribution is 5.87. The van der Waals surface area contributed by atoms with Gasteiger partial charge in [0.05, 0.1) is 17.4 Å². The maximum Gasteiger partial charge on any atom is 0.338 e. The van der Waals surface area contributed by atoms with Crippen molar-refractivity contribution in [3.8, 4) is 5.69 Å². The topological polar surface area (TPSA) is 72.2 Å². The summed E-state index contributed by atoms with van der Waals surface area (Å²) in [6, 6.07) is 6.75. The Bertz CT molecular complexity index is 546. The second kappa shape index (κ2) is 3.98. The third kappa shape index (κ3) is 1.83. The van der Waals surface area contributed by atoms with Crippen LogP contribution in [0, 0.1) is 0 Å². The molecule has 1 N–H and O–H groups in total. The minimum Gasteiger partial charge on any atom is -0.478 e. The second-order valence-corrected chi connectivity index (χ2v) is 3.19. The number of hydrogen-bond donors (Lipinski definition) is 1. The summed E-state index contributed by atoms with van der Waals surface area (Å²) >= 11 is 0. The fraction of sp³-hybridized carbons (Fsp3) is 0. The summed E-state index contributed by atoms with van der Waals surface area (Å²) in [5.74, 6) is -1.03. The van der Waals surface area contributed by atoms with E-state index in [1.807, 2.05) is 0 Å². The number of carbonyl (C=O) groups excluding carboxylic acids is 1. The number of nitrogens with zero attached hydrogens (tertiary/aromatic N) is 2. The van der Waals surface area contributed by atoms with Gasteiger partial charge in [-0.3, -0.25) is 4.79 Å². The first-order valence-electron chi connectivity index (χ1n) is 4.54. The second-order valence-electron chi connectivity index (χ2n) is 3.19. The zero-order valence-corrected chi connectivity index (χ0v) is 8.20. The van der Waals surface area contributed by atoms with Crippen molar-refractivity contribution in [3.63, 3.8) is 0 Å². The Balaban J connectivity index is 2.42. The number of carboxylic acids is 1. The van der Waals surface area contributed by atoms with Gasteiger partial charge in [-0.05, 0) is 12.1 Å². The largest absolute Gasteiger partial charge is 0.478 e. The Kier molecular flexibility index (Phi) is 2.51. The van der Waals surface area contributed by atoms with E-state index in [0.717, 1.165) is 6.29 Å². The van der Waals surface area contributed by atoms with Gasteiger partial charge in [-0.1, -0.05) is 12.1 Å². The molecule has 0 unspecified atom stereocenters. The molecule has 0 bridgehead atoms. The first kappa shape index (κ1) is 10.1. The van der Waals surface area contributed by atoms with Crippen LogP contribution in [-0.2, 0) is 0 Å². The Morgan fingerprint density at radius 1 is 1.44 bits per heavy atom. The molecule has 0 atom stereocenters. The van der Waals surface area contributed by atoms with Gasteiger partial charge in [-0.2, -0.15) is 5.10 Å². The Morgan fingerprint density at radius 2 is 2.25 bits per heavy atom. The van der Waals surface area contributed by atoms with Crippen molar-refractivity contribution in [3.05, 3.63) is 47.8 Å². The van der Waals surface area contributed by atoms with Crippen LogP contribution in [0.25, 0.3) is 5.69 Å². The molecule has 2 rings (SSSR count). The third-order valence-electron chi connectivity index (χ3n) is 2.10. The number of aromatic nitrogens is 2. The summed E-state index contributed by atoms with van der Waals surface area (Å²) in [5, 5.41) is 12.6. The molecule has 0 aliphatic carbocycles. The van der Waals surface area contributed by atoms with E-state index >= 15 is 0 Å². The molecule has 0 aliphatic heterocycles. The lowest BCUT2D eigenvalue weighted by molar-refractivity contribution is 0.0696. The number of carbonyl (C=O) groups is 2. The Morgan fingerprint density at radius 3 is 2.88 bits per heavy atom. The van der Waals surface area contributed by atoms with Gasteiger partial charge >= 0.3 is 5.97 Å².